The van der Waals surface area contributed by atoms with Crippen LogP contribution >= 0.6 is 0 Å². The lowest BCUT2D eigenvalue weighted by Crippen LogP contribution is -2.65. The van der Waals surface area contributed by atoms with Gasteiger partial charge in [0, 0.05) is 38.2 Å². The minimum Gasteiger partial charge on any atom is -0.378 e. The summed E-state index contributed by atoms with van der Waals surface area (Å²) in [7, 11) is 4.07. The predicted octanol–water partition coefficient (Wildman–Crippen LogP) is 2.09. The lowest BCUT2D eigenvalue weighted by atomic mass is 9.58. The van der Waals surface area contributed by atoms with E-state index in [-0.39, 0.29) is 5.41 Å². The van der Waals surface area contributed by atoms with Crippen molar-refractivity contribution in [2.75, 3.05) is 40.3 Å². The summed E-state index contributed by atoms with van der Waals surface area (Å²) in [6, 6.07) is 0.464. The van der Waals surface area contributed by atoms with Gasteiger partial charge in [-0.05, 0) is 52.1 Å². The Morgan fingerprint density at radius 3 is 2.57 bits per heavy atom. The van der Waals surface area contributed by atoms with E-state index in [0.29, 0.717) is 12.1 Å². The van der Waals surface area contributed by atoms with Gasteiger partial charge in [0.15, 0.2) is 5.96 Å². The molecule has 3 unspecified atom stereocenters. The first-order valence-corrected chi connectivity index (χ1v) is 9.36. The van der Waals surface area contributed by atoms with Crippen molar-refractivity contribution in [3.63, 3.8) is 0 Å². The summed E-state index contributed by atoms with van der Waals surface area (Å²) in [4.78, 5) is 6.84. The Morgan fingerprint density at radius 1 is 1.30 bits per heavy atom. The van der Waals surface area contributed by atoms with E-state index in [0.717, 1.165) is 44.3 Å². The van der Waals surface area contributed by atoms with Crippen LogP contribution < -0.4 is 10.6 Å². The van der Waals surface area contributed by atoms with Gasteiger partial charge >= 0.3 is 0 Å². The zero-order chi connectivity index (χ0) is 16.9. The molecular formula is C18H36N4O. The van der Waals surface area contributed by atoms with Crippen molar-refractivity contribution in [2.45, 2.75) is 58.6 Å². The molecule has 1 saturated carbocycles. The molecule has 2 aliphatic rings. The highest BCUT2D eigenvalue weighted by Crippen LogP contribution is 2.48. The molecule has 2 N–H and O–H groups in total. The van der Waals surface area contributed by atoms with Gasteiger partial charge < -0.3 is 20.3 Å². The fourth-order valence-corrected chi connectivity index (χ4v) is 4.38. The maximum atomic E-state index is 5.97. The van der Waals surface area contributed by atoms with E-state index in [1.807, 2.05) is 7.05 Å². The number of rotatable bonds is 7. The highest BCUT2D eigenvalue weighted by molar-refractivity contribution is 5.80. The molecule has 1 heterocycles. The molecule has 5 heteroatoms. The number of guanidine groups is 1. The number of nitrogens with zero attached hydrogens (tertiary/aromatic N) is 2. The Kier molecular flexibility index (Phi) is 6.72. The molecule has 0 aromatic carbocycles. The maximum Gasteiger partial charge on any atom is 0.191 e. The van der Waals surface area contributed by atoms with Crippen molar-refractivity contribution in [1.29, 1.82) is 0 Å². The number of hydrogen-bond acceptors (Lipinski definition) is 3. The predicted molar refractivity (Wildman–Crippen MR) is 96.9 cm³/mol. The zero-order valence-corrected chi connectivity index (χ0v) is 15.7. The van der Waals surface area contributed by atoms with Crippen LogP contribution in [0.15, 0.2) is 4.99 Å². The monoisotopic (exact) mass is 324 g/mol. The van der Waals surface area contributed by atoms with Crippen LogP contribution in [0.3, 0.4) is 0 Å². The van der Waals surface area contributed by atoms with Gasteiger partial charge in [-0.1, -0.05) is 13.8 Å². The van der Waals surface area contributed by atoms with E-state index in [1.54, 1.807) is 0 Å². The Labute approximate surface area is 142 Å². The maximum absolute atomic E-state index is 5.97. The largest absolute Gasteiger partial charge is 0.378 e. The van der Waals surface area contributed by atoms with Crippen molar-refractivity contribution >= 4 is 5.96 Å². The van der Waals surface area contributed by atoms with Gasteiger partial charge in [-0.2, -0.15) is 0 Å². The smallest absolute Gasteiger partial charge is 0.191 e. The van der Waals surface area contributed by atoms with E-state index >= 15 is 0 Å². The van der Waals surface area contributed by atoms with Crippen LogP contribution in [0.2, 0.25) is 0 Å². The molecule has 2 rings (SSSR count). The first-order valence-electron chi connectivity index (χ1n) is 9.36. The minimum absolute atomic E-state index is 0.251. The Bertz CT molecular complexity index is 394. The average molecular weight is 325 g/mol. The third kappa shape index (κ3) is 4.00. The molecule has 23 heavy (non-hydrogen) atoms. The van der Waals surface area contributed by atoms with Crippen molar-refractivity contribution in [2.24, 2.45) is 16.3 Å². The molecule has 0 radical (unpaired) electrons. The van der Waals surface area contributed by atoms with E-state index in [9.17, 15) is 0 Å². The molecule has 0 amide bonds. The number of hydrogen-bond donors (Lipinski definition) is 2. The summed E-state index contributed by atoms with van der Waals surface area (Å²) in [6.07, 6.45) is 5.06. The summed E-state index contributed by atoms with van der Waals surface area (Å²) in [6.45, 7) is 10.9. The number of ether oxygens (including phenoxy) is 1. The summed E-state index contributed by atoms with van der Waals surface area (Å²) in [5.74, 6) is 1.68. The zero-order valence-electron chi connectivity index (χ0n) is 15.7. The SMILES string of the molecule is CCOC1CC(NC(=NC)NCC2CCN(C)C2)C1(CC)CC. The topological polar surface area (TPSA) is 48.9 Å². The van der Waals surface area contributed by atoms with Crippen molar-refractivity contribution < 1.29 is 4.74 Å². The van der Waals surface area contributed by atoms with E-state index in [1.165, 1.54) is 19.5 Å². The summed E-state index contributed by atoms with van der Waals surface area (Å²) in [5, 5.41) is 7.20. The van der Waals surface area contributed by atoms with E-state index < -0.39 is 0 Å². The summed E-state index contributed by atoms with van der Waals surface area (Å²) < 4.78 is 5.97. The van der Waals surface area contributed by atoms with Gasteiger partial charge in [0.05, 0.1) is 6.10 Å². The Balaban J connectivity index is 1.86. The van der Waals surface area contributed by atoms with Crippen LogP contribution in [-0.4, -0.2) is 63.3 Å². The van der Waals surface area contributed by atoms with Gasteiger partial charge in [-0.3, -0.25) is 4.99 Å². The molecule has 0 aromatic heterocycles. The fraction of sp³-hybridized carbons (Fsp3) is 0.944. The third-order valence-corrected chi connectivity index (χ3v) is 6.05. The second-order valence-corrected chi connectivity index (χ2v) is 7.19. The average Bonchev–Trinajstić information content (AvgIpc) is 2.96. The van der Waals surface area contributed by atoms with Crippen LogP contribution in [-0.2, 0) is 4.74 Å². The highest BCUT2D eigenvalue weighted by Gasteiger charge is 2.53. The van der Waals surface area contributed by atoms with Crippen LogP contribution in [0.25, 0.3) is 0 Å². The molecule has 1 aliphatic heterocycles. The Hall–Kier alpha value is -0.810. The van der Waals surface area contributed by atoms with Crippen LogP contribution in [0.1, 0.15) is 46.5 Å². The Morgan fingerprint density at radius 2 is 2.04 bits per heavy atom. The quantitative estimate of drug-likeness (QED) is 0.556. The van der Waals surface area contributed by atoms with Crippen LogP contribution in [0.5, 0.6) is 0 Å². The minimum atomic E-state index is 0.251. The standard InChI is InChI=1S/C18H36N4O/c1-6-18(7-2)15(11-16(18)23-8-3)21-17(19-4)20-12-14-9-10-22(5)13-14/h14-16H,6-13H2,1-5H3,(H2,19,20,21). The molecule has 1 saturated heterocycles. The van der Waals surface area contributed by atoms with Crippen LogP contribution in [0.4, 0.5) is 0 Å². The first-order chi connectivity index (χ1) is 11.1. The van der Waals surface area contributed by atoms with Gasteiger partial charge in [-0.25, -0.2) is 0 Å². The van der Waals surface area contributed by atoms with Crippen molar-refractivity contribution in [3.05, 3.63) is 0 Å². The molecule has 134 valence electrons. The van der Waals surface area contributed by atoms with Crippen LogP contribution in [0, 0.1) is 11.3 Å². The van der Waals surface area contributed by atoms with Gasteiger partial charge in [0.2, 0.25) is 0 Å². The highest BCUT2D eigenvalue weighted by atomic mass is 16.5. The normalized spacial score (nSPS) is 31.0. The van der Waals surface area contributed by atoms with Crippen molar-refractivity contribution in [3.8, 4) is 0 Å². The fourth-order valence-electron chi connectivity index (χ4n) is 4.38. The molecule has 3 atom stereocenters. The van der Waals surface area contributed by atoms with Gasteiger partial charge in [0.25, 0.3) is 0 Å². The third-order valence-electron chi connectivity index (χ3n) is 6.05. The van der Waals surface area contributed by atoms with E-state index in [4.69, 9.17) is 4.74 Å². The molecule has 5 nitrogen and oxygen atoms in total. The number of likely N-dealkylation sites (tertiary alicyclic amines) is 1. The number of aliphatic imine (C=N–C) groups is 1. The van der Waals surface area contributed by atoms with E-state index in [2.05, 4.69) is 48.3 Å². The summed E-state index contributed by atoms with van der Waals surface area (Å²) in [5.41, 5.74) is 0.251. The molecule has 0 aromatic rings. The van der Waals surface area contributed by atoms with Crippen molar-refractivity contribution in [1.82, 2.24) is 15.5 Å². The molecule has 0 bridgehead atoms. The van der Waals surface area contributed by atoms with Gasteiger partial charge in [-0.15, -0.1) is 0 Å². The molecule has 1 aliphatic carbocycles. The molecule has 0 spiro atoms. The second kappa shape index (κ2) is 8.34. The summed E-state index contributed by atoms with van der Waals surface area (Å²) >= 11 is 0. The number of nitrogens with one attached hydrogen (secondary N) is 2. The lowest BCUT2D eigenvalue weighted by Gasteiger charge is -2.55. The first kappa shape index (κ1) is 18.5. The lowest BCUT2D eigenvalue weighted by molar-refractivity contribution is -0.133. The molecule has 2 fully saturated rings. The second-order valence-electron chi connectivity index (χ2n) is 7.19. The molecular weight excluding hydrogens is 288 g/mol. The van der Waals surface area contributed by atoms with Gasteiger partial charge in [0.1, 0.15) is 0 Å².